The molecule has 2 amide bonds. The lowest BCUT2D eigenvalue weighted by Gasteiger charge is -2.43. The Bertz CT molecular complexity index is 1310. The fraction of sp³-hybridized carbons (Fsp3) is 0.419. The van der Waals surface area contributed by atoms with Crippen molar-refractivity contribution in [3.63, 3.8) is 0 Å². The van der Waals surface area contributed by atoms with Crippen LogP contribution in [-0.4, -0.2) is 55.8 Å². The van der Waals surface area contributed by atoms with Crippen molar-refractivity contribution in [1.82, 2.24) is 15.5 Å². The summed E-state index contributed by atoms with van der Waals surface area (Å²) in [6, 6.07) is 16.8. The van der Waals surface area contributed by atoms with Gasteiger partial charge in [0.1, 0.15) is 11.5 Å². The van der Waals surface area contributed by atoms with Crippen molar-refractivity contribution >= 4 is 23.6 Å². The normalized spacial score (nSPS) is 16.8. The van der Waals surface area contributed by atoms with E-state index in [1.807, 2.05) is 67.4 Å². The van der Waals surface area contributed by atoms with Crippen LogP contribution in [0.2, 0.25) is 5.02 Å². The fourth-order valence-electron chi connectivity index (χ4n) is 5.59. The molecule has 0 bridgehead atoms. The first-order valence-electron chi connectivity index (χ1n) is 13.7. The third kappa shape index (κ3) is 6.69. The van der Waals surface area contributed by atoms with Crippen molar-refractivity contribution in [1.29, 1.82) is 0 Å². The summed E-state index contributed by atoms with van der Waals surface area (Å²) in [5.41, 5.74) is 1.69. The van der Waals surface area contributed by atoms with Crippen molar-refractivity contribution in [3.8, 4) is 11.3 Å². The molecule has 3 N–H and O–H groups in total. The molecule has 0 spiro atoms. The number of nitrogens with zero attached hydrogens (tertiary/aromatic N) is 1. The SMILES string of the molecule is CNCc1ccc(C(=O)N2CCC[C@@H](C(O)(CCCNC(=O)OC)c3cccc(Cl)c3-c3ccc(C)o3)C2)cc1. The summed E-state index contributed by atoms with van der Waals surface area (Å²) >= 11 is 6.72. The van der Waals surface area contributed by atoms with Crippen molar-refractivity contribution in [2.45, 2.75) is 44.8 Å². The smallest absolute Gasteiger partial charge is 0.406 e. The minimum atomic E-state index is -1.34. The maximum absolute atomic E-state index is 13.5. The number of hydrogen-bond donors (Lipinski definition) is 3. The molecule has 1 unspecified atom stereocenters. The molecule has 1 aliphatic rings. The Kier molecular flexibility index (Phi) is 9.90. The lowest BCUT2D eigenvalue weighted by Crippen LogP contribution is -2.48. The first-order chi connectivity index (χ1) is 19.3. The van der Waals surface area contributed by atoms with Gasteiger partial charge in [0.05, 0.1) is 17.7 Å². The average molecular weight is 568 g/mol. The third-order valence-corrected chi connectivity index (χ3v) is 7.94. The Hall–Kier alpha value is -3.33. The summed E-state index contributed by atoms with van der Waals surface area (Å²) in [4.78, 5) is 27.0. The Morgan fingerprint density at radius 3 is 2.62 bits per heavy atom. The molecule has 1 aliphatic heterocycles. The number of hydrogen-bond acceptors (Lipinski definition) is 6. The van der Waals surface area contributed by atoms with Crippen molar-refractivity contribution in [2.24, 2.45) is 5.92 Å². The number of amides is 2. The molecule has 1 aromatic heterocycles. The zero-order valence-electron chi connectivity index (χ0n) is 23.3. The third-order valence-electron chi connectivity index (χ3n) is 7.62. The molecular weight excluding hydrogens is 530 g/mol. The van der Waals surface area contributed by atoms with Crippen LogP contribution in [-0.2, 0) is 16.9 Å². The van der Waals surface area contributed by atoms with Gasteiger partial charge < -0.3 is 29.8 Å². The number of benzene rings is 2. The number of nitrogens with one attached hydrogen (secondary N) is 2. The van der Waals surface area contributed by atoms with Gasteiger partial charge in [-0.05, 0) is 81.1 Å². The number of carbonyl (C=O) groups excluding carboxylic acids is 2. The molecule has 1 saturated heterocycles. The van der Waals surface area contributed by atoms with Gasteiger partial charge in [0, 0.05) is 43.2 Å². The molecular formula is C31H38ClN3O5. The molecule has 0 saturated carbocycles. The van der Waals surface area contributed by atoms with E-state index >= 15 is 0 Å². The van der Waals surface area contributed by atoms with Crippen LogP contribution in [0, 0.1) is 12.8 Å². The molecule has 2 atom stereocenters. The van der Waals surface area contributed by atoms with E-state index in [0.29, 0.717) is 59.9 Å². The van der Waals surface area contributed by atoms with Crippen molar-refractivity contribution in [3.05, 3.63) is 82.1 Å². The second-order valence-corrected chi connectivity index (χ2v) is 10.7. The number of furan rings is 1. The summed E-state index contributed by atoms with van der Waals surface area (Å²) < 4.78 is 10.6. The van der Waals surface area contributed by atoms with Gasteiger partial charge >= 0.3 is 6.09 Å². The van der Waals surface area contributed by atoms with Crippen LogP contribution in [0.5, 0.6) is 0 Å². The first-order valence-corrected chi connectivity index (χ1v) is 14.1. The summed E-state index contributed by atoms with van der Waals surface area (Å²) in [5.74, 6) is 1.00. The quantitative estimate of drug-likeness (QED) is 0.279. The number of methoxy groups -OCH3 is 1. The van der Waals surface area contributed by atoms with Crippen molar-refractivity contribution < 1.29 is 23.8 Å². The largest absolute Gasteiger partial charge is 0.461 e. The van der Waals surface area contributed by atoms with Crippen LogP contribution < -0.4 is 10.6 Å². The van der Waals surface area contributed by atoms with Crippen LogP contribution in [0.4, 0.5) is 4.79 Å². The lowest BCUT2D eigenvalue weighted by molar-refractivity contribution is -0.0564. The van der Waals surface area contributed by atoms with Crippen LogP contribution in [0.25, 0.3) is 11.3 Å². The first kappa shape index (κ1) is 29.6. The average Bonchev–Trinajstić information content (AvgIpc) is 3.40. The molecule has 0 radical (unpaired) electrons. The Balaban J connectivity index is 1.65. The number of aliphatic hydroxyl groups is 1. The van der Waals surface area contributed by atoms with Gasteiger partial charge in [0.2, 0.25) is 0 Å². The molecule has 2 heterocycles. The summed E-state index contributed by atoms with van der Waals surface area (Å²) in [6.07, 6.45) is 1.80. The minimum absolute atomic E-state index is 0.0524. The predicted octanol–water partition coefficient (Wildman–Crippen LogP) is 5.50. The molecule has 3 aromatic rings. The fourth-order valence-corrected chi connectivity index (χ4v) is 5.85. The second-order valence-electron chi connectivity index (χ2n) is 10.3. The highest BCUT2D eigenvalue weighted by Crippen LogP contribution is 2.46. The van der Waals surface area contributed by atoms with E-state index < -0.39 is 11.7 Å². The van der Waals surface area contributed by atoms with Gasteiger partial charge in [-0.2, -0.15) is 0 Å². The highest BCUT2D eigenvalue weighted by Gasteiger charge is 2.43. The topological polar surface area (TPSA) is 104 Å². The molecule has 40 heavy (non-hydrogen) atoms. The highest BCUT2D eigenvalue weighted by molar-refractivity contribution is 6.33. The van der Waals surface area contributed by atoms with Gasteiger partial charge in [-0.3, -0.25) is 4.79 Å². The van der Waals surface area contributed by atoms with Crippen LogP contribution in [0.1, 0.15) is 52.9 Å². The summed E-state index contributed by atoms with van der Waals surface area (Å²) in [5, 5.41) is 18.9. The van der Waals surface area contributed by atoms with Crippen LogP contribution >= 0.6 is 11.6 Å². The number of likely N-dealkylation sites (tertiary alicyclic amines) is 1. The predicted molar refractivity (Wildman–Crippen MR) is 155 cm³/mol. The van der Waals surface area contributed by atoms with E-state index in [1.54, 1.807) is 6.07 Å². The molecule has 0 aliphatic carbocycles. The number of alkyl carbamates (subject to hydrolysis) is 1. The molecule has 8 nitrogen and oxygen atoms in total. The van der Waals surface area contributed by atoms with E-state index in [-0.39, 0.29) is 11.8 Å². The number of piperidine rings is 1. The Morgan fingerprint density at radius 1 is 1.18 bits per heavy atom. The zero-order chi connectivity index (χ0) is 28.7. The van der Waals surface area contributed by atoms with Gasteiger partial charge in [-0.1, -0.05) is 35.9 Å². The molecule has 2 aromatic carbocycles. The number of ether oxygens (including phenoxy) is 1. The van der Waals surface area contributed by atoms with E-state index in [0.717, 1.165) is 30.7 Å². The van der Waals surface area contributed by atoms with E-state index in [1.165, 1.54) is 7.11 Å². The van der Waals surface area contributed by atoms with Gasteiger partial charge in [-0.25, -0.2) is 4.79 Å². The Labute approximate surface area is 240 Å². The molecule has 9 heteroatoms. The van der Waals surface area contributed by atoms with Crippen molar-refractivity contribution in [2.75, 3.05) is 33.8 Å². The maximum Gasteiger partial charge on any atom is 0.406 e. The number of halogens is 1. The standard InChI is InChI=1S/C31H38ClN3O5/c1-21-10-15-27(40-21)28-25(8-4-9-26(28)32)31(38,16-6-17-34-30(37)39-3)24-7-5-18-35(20-24)29(36)23-13-11-22(12-14-23)19-33-2/h4,8-15,24,33,38H,5-7,16-20H2,1-3H3,(H,34,37)/t24-,31?/m1/s1. The van der Waals surface area contributed by atoms with E-state index in [4.69, 9.17) is 20.8 Å². The lowest BCUT2D eigenvalue weighted by atomic mass is 9.72. The second kappa shape index (κ2) is 13.4. The highest BCUT2D eigenvalue weighted by atomic mass is 35.5. The minimum Gasteiger partial charge on any atom is -0.461 e. The van der Waals surface area contributed by atoms with Gasteiger partial charge in [-0.15, -0.1) is 0 Å². The van der Waals surface area contributed by atoms with Gasteiger partial charge in [0.25, 0.3) is 5.91 Å². The Morgan fingerprint density at radius 2 is 1.95 bits per heavy atom. The van der Waals surface area contributed by atoms with E-state index in [2.05, 4.69) is 10.6 Å². The number of rotatable bonds is 10. The molecule has 214 valence electrons. The van der Waals surface area contributed by atoms with E-state index in [9.17, 15) is 14.7 Å². The monoisotopic (exact) mass is 567 g/mol. The molecule has 1 fully saturated rings. The van der Waals surface area contributed by atoms with Crippen LogP contribution in [0.3, 0.4) is 0 Å². The van der Waals surface area contributed by atoms with Gasteiger partial charge in [0.15, 0.2) is 0 Å². The molecule has 4 rings (SSSR count). The zero-order valence-corrected chi connectivity index (χ0v) is 24.1. The maximum atomic E-state index is 13.5. The number of aryl methyl sites for hydroxylation is 1. The summed E-state index contributed by atoms with van der Waals surface area (Å²) in [6.45, 7) is 3.93. The number of carbonyl (C=O) groups is 2. The van der Waals surface area contributed by atoms with Crippen LogP contribution in [0.15, 0.2) is 59.0 Å². The summed E-state index contributed by atoms with van der Waals surface area (Å²) in [7, 11) is 3.20.